The number of hydrogen-bond acceptors (Lipinski definition) is 3. The summed E-state index contributed by atoms with van der Waals surface area (Å²) in [5, 5.41) is 4.26. The minimum Gasteiger partial charge on any atom is -0.451 e. The van der Waals surface area contributed by atoms with Crippen LogP contribution in [0.3, 0.4) is 0 Å². The number of carbonyl (C=O) groups is 1. The quantitative estimate of drug-likeness (QED) is 0.871. The number of likely N-dealkylation sites (tertiary alicyclic amines) is 1. The highest BCUT2D eigenvalue weighted by atomic mass is 35.5. The Kier molecular flexibility index (Phi) is 4.82. The first-order valence-corrected chi connectivity index (χ1v) is 9.46. The van der Waals surface area contributed by atoms with Gasteiger partial charge < -0.3 is 14.6 Å². The van der Waals surface area contributed by atoms with E-state index >= 15 is 0 Å². The van der Waals surface area contributed by atoms with Crippen molar-refractivity contribution in [1.29, 1.82) is 0 Å². The standard InChI is InChI=1S/C20H23ClN2O2/c21-17-4-2-1-3-16(17)18-7-8-19(25-18)20(24)23-11-9-15(10-12-23)22-13-14-5-6-14/h1-4,7-8,14-15,22H,5-6,9-13H2. The number of carbonyl (C=O) groups excluding carboxylic acids is 1. The highest BCUT2D eigenvalue weighted by Gasteiger charge is 2.27. The second-order valence-corrected chi connectivity index (χ2v) is 7.47. The molecular weight excluding hydrogens is 336 g/mol. The van der Waals surface area contributed by atoms with Gasteiger partial charge in [0.05, 0.1) is 5.02 Å². The zero-order valence-electron chi connectivity index (χ0n) is 14.2. The monoisotopic (exact) mass is 358 g/mol. The molecule has 5 heteroatoms. The van der Waals surface area contributed by atoms with Crippen molar-refractivity contribution < 1.29 is 9.21 Å². The molecule has 1 aliphatic heterocycles. The number of halogens is 1. The molecule has 25 heavy (non-hydrogen) atoms. The molecule has 2 fully saturated rings. The first kappa shape index (κ1) is 16.7. The predicted molar refractivity (Wildman–Crippen MR) is 98.8 cm³/mol. The van der Waals surface area contributed by atoms with E-state index in [1.165, 1.54) is 12.8 Å². The van der Waals surface area contributed by atoms with Crippen LogP contribution in [0.4, 0.5) is 0 Å². The molecule has 0 bridgehead atoms. The maximum absolute atomic E-state index is 12.7. The number of piperidine rings is 1. The van der Waals surface area contributed by atoms with Crippen LogP contribution in [0.2, 0.25) is 5.02 Å². The van der Waals surface area contributed by atoms with Crippen molar-refractivity contribution in [3.05, 3.63) is 47.2 Å². The van der Waals surface area contributed by atoms with Gasteiger partial charge in [-0.15, -0.1) is 0 Å². The molecule has 0 atom stereocenters. The highest BCUT2D eigenvalue weighted by molar-refractivity contribution is 6.33. The summed E-state index contributed by atoms with van der Waals surface area (Å²) in [6.45, 7) is 2.70. The number of nitrogens with zero attached hydrogens (tertiary/aromatic N) is 1. The van der Waals surface area contributed by atoms with Gasteiger partial charge in [-0.05, 0) is 62.4 Å². The van der Waals surface area contributed by atoms with Crippen molar-refractivity contribution in [3.63, 3.8) is 0 Å². The van der Waals surface area contributed by atoms with Crippen molar-refractivity contribution in [2.24, 2.45) is 5.92 Å². The van der Waals surface area contributed by atoms with E-state index in [1.54, 1.807) is 6.07 Å². The van der Waals surface area contributed by atoms with Gasteiger partial charge >= 0.3 is 0 Å². The molecule has 0 unspecified atom stereocenters. The van der Waals surface area contributed by atoms with Gasteiger partial charge in [0.25, 0.3) is 5.91 Å². The number of amides is 1. The summed E-state index contributed by atoms with van der Waals surface area (Å²) in [6.07, 6.45) is 4.76. The van der Waals surface area contributed by atoms with Gasteiger partial charge in [0, 0.05) is 24.7 Å². The third-order valence-corrected chi connectivity index (χ3v) is 5.46. The summed E-state index contributed by atoms with van der Waals surface area (Å²) in [4.78, 5) is 14.6. The van der Waals surface area contributed by atoms with Crippen LogP contribution in [0.15, 0.2) is 40.8 Å². The fourth-order valence-electron chi connectivity index (χ4n) is 3.36. The Hall–Kier alpha value is -1.78. The third kappa shape index (κ3) is 3.91. The Bertz CT molecular complexity index is 746. The maximum Gasteiger partial charge on any atom is 0.289 e. The number of nitrogens with one attached hydrogen (secondary N) is 1. The molecular formula is C20H23ClN2O2. The van der Waals surface area contributed by atoms with E-state index in [1.807, 2.05) is 35.2 Å². The molecule has 1 N–H and O–H groups in total. The SMILES string of the molecule is O=C(c1ccc(-c2ccccc2Cl)o1)N1CCC(NCC2CC2)CC1. The van der Waals surface area contributed by atoms with E-state index in [-0.39, 0.29) is 5.91 Å². The number of benzene rings is 1. The fourth-order valence-corrected chi connectivity index (χ4v) is 3.59. The number of hydrogen-bond donors (Lipinski definition) is 1. The number of furan rings is 1. The van der Waals surface area contributed by atoms with E-state index in [4.69, 9.17) is 16.0 Å². The molecule has 4 rings (SSSR count). The summed E-state index contributed by atoms with van der Waals surface area (Å²) >= 11 is 6.21. The van der Waals surface area contributed by atoms with E-state index in [9.17, 15) is 4.79 Å². The third-order valence-electron chi connectivity index (χ3n) is 5.13. The second kappa shape index (κ2) is 7.22. The van der Waals surface area contributed by atoms with E-state index in [0.717, 1.165) is 44.0 Å². The average Bonchev–Trinajstić information content (AvgIpc) is 3.35. The summed E-state index contributed by atoms with van der Waals surface area (Å²) in [6, 6.07) is 11.6. The Morgan fingerprint density at radius 2 is 1.88 bits per heavy atom. The van der Waals surface area contributed by atoms with E-state index in [0.29, 0.717) is 22.6 Å². The van der Waals surface area contributed by atoms with Gasteiger partial charge in [-0.2, -0.15) is 0 Å². The van der Waals surface area contributed by atoms with Crippen LogP contribution in [0.5, 0.6) is 0 Å². The summed E-state index contributed by atoms with van der Waals surface area (Å²) < 4.78 is 5.79. The topological polar surface area (TPSA) is 45.5 Å². The largest absolute Gasteiger partial charge is 0.451 e. The molecule has 0 radical (unpaired) electrons. The zero-order valence-corrected chi connectivity index (χ0v) is 15.0. The van der Waals surface area contributed by atoms with E-state index in [2.05, 4.69) is 5.32 Å². The van der Waals surface area contributed by atoms with Crippen molar-refractivity contribution in [2.45, 2.75) is 31.7 Å². The Balaban J connectivity index is 1.36. The lowest BCUT2D eigenvalue weighted by Gasteiger charge is -2.32. The average molecular weight is 359 g/mol. The summed E-state index contributed by atoms with van der Waals surface area (Å²) in [5.74, 6) is 1.89. The van der Waals surface area contributed by atoms with Crippen LogP contribution < -0.4 is 5.32 Å². The molecule has 0 spiro atoms. The minimum absolute atomic E-state index is 0.0288. The molecule has 2 heterocycles. The Labute approximate surface area is 153 Å². The summed E-state index contributed by atoms with van der Waals surface area (Å²) in [7, 11) is 0. The molecule has 1 saturated heterocycles. The molecule has 132 valence electrons. The van der Waals surface area contributed by atoms with Crippen LogP contribution in [0.25, 0.3) is 11.3 Å². The lowest BCUT2D eigenvalue weighted by Crippen LogP contribution is -2.45. The molecule has 1 aromatic heterocycles. The molecule has 2 aliphatic rings. The fraction of sp³-hybridized carbons (Fsp3) is 0.450. The number of rotatable bonds is 5. The Morgan fingerprint density at radius 1 is 1.12 bits per heavy atom. The van der Waals surface area contributed by atoms with Crippen molar-refractivity contribution in [1.82, 2.24) is 10.2 Å². The normalized spacial score (nSPS) is 18.5. The van der Waals surface area contributed by atoms with Crippen molar-refractivity contribution in [3.8, 4) is 11.3 Å². The second-order valence-electron chi connectivity index (χ2n) is 7.06. The first-order valence-electron chi connectivity index (χ1n) is 9.08. The lowest BCUT2D eigenvalue weighted by atomic mass is 10.0. The van der Waals surface area contributed by atoms with Crippen LogP contribution in [-0.2, 0) is 0 Å². The van der Waals surface area contributed by atoms with Crippen LogP contribution in [0.1, 0.15) is 36.2 Å². The molecule has 4 nitrogen and oxygen atoms in total. The van der Waals surface area contributed by atoms with Gasteiger partial charge in [0.2, 0.25) is 0 Å². The highest BCUT2D eigenvalue weighted by Crippen LogP contribution is 2.30. The van der Waals surface area contributed by atoms with E-state index < -0.39 is 0 Å². The van der Waals surface area contributed by atoms with Crippen LogP contribution >= 0.6 is 11.6 Å². The molecule has 1 amide bonds. The van der Waals surface area contributed by atoms with Gasteiger partial charge in [-0.1, -0.05) is 23.7 Å². The smallest absolute Gasteiger partial charge is 0.289 e. The summed E-state index contributed by atoms with van der Waals surface area (Å²) in [5.41, 5.74) is 0.811. The van der Waals surface area contributed by atoms with Gasteiger partial charge in [-0.25, -0.2) is 0 Å². The molecule has 1 saturated carbocycles. The maximum atomic E-state index is 12.7. The van der Waals surface area contributed by atoms with Gasteiger partial charge in [0.15, 0.2) is 5.76 Å². The zero-order chi connectivity index (χ0) is 17.2. The van der Waals surface area contributed by atoms with Gasteiger partial charge in [0.1, 0.15) is 5.76 Å². The van der Waals surface area contributed by atoms with Crippen molar-refractivity contribution >= 4 is 17.5 Å². The Morgan fingerprint density at radius 3 is 2.60 bits per heavy atom. The first-order chi connectivity index (χ1) is 12.2. The van der Waals surface area contributed by atoms with Crippen LogP contribution in [-0.4, -0.2) is 36.5 Å². The predicted octanol–water partition coefficient (Wildman–Crippen LogP) is 4.20. The van der Waals surface area contributed by atoms with Crippen LogP contribution in [0, 0.1) is 5.92 Å². The molecule has 1 aromatic carbocycles. The molecule has 1 aliphatic carbocycles. The molecule has 2 aromatic rings. The van der Waals surface area contributed by atoms with Gasteiger partial charge in [-0.3, -0.25) is 4.79 Å². The van der Waals surface area contributed by atoms with Crippen molar-refractivity contribution in [2.75, 3.05) is 19.6 Å². The lowest BCUT2D eigenvalue weighted by molar-refractivity contribution is 0.0674. The minimum atomic E-state index is -0.0288.